The molecule has 1 aromatic carbocycles. The molecule has 5 heterocycles. The van der Waals surface area contributed by atoms with E-state index in [1.165, 1.54) is 35.7 Å². The molecule has 23 heteroatoms. The molecule has 3 amide bonds. The predicted molar refractivity (Wildman–Crippen MR) is 207 cm³/mol. The number of aromatic hydroxyl groups is 2. The van der Waals surface area contributed by atoms with Gasteiger partial charge in [-0.25, -0.2) is 14.6 Å². The van der Waals surface area contributed by atoms with Crippen LogP contribution in [0.2, 0.25) is 5.02 Å². The molecule has 3 aliphatic rings. The molecule has 8 N–H and O–H groups in total. The van der Waals surface area contributed by atoms with Gasteiger partial charge in [0.25, 0.3) is 17.7 Å². The SMILES string of the molecule is CCn1nc(C(=O)NCC[N+]2(CC3=C(C(=O)O)N4C(=O)[C@@H](NC(=O)/C(=N\OC(C)(C)C(=O)O)c5csc(N)n5)[C@H]4SC3)CCCC2)c(=O)c2c(Cl)c(O)c(O)cc21. The lowest BCUT2D eigenvalue weighted by Gasteiger charge is -2.50. The van der Waals surface area contributed by atoms with Gasteiger partial charge in [0.15, 0.2) is 28.0 Å². The molecular weight excluding hydrogens is 810 g/mol. The van der Waals surface area contributed by atoms with E-state index in [0.29, 0.717) is 29.7 Å². The first kappa shape index (κ1) is 41.2. The molecule has 0 saturated carbocycles. The largest absolute Gasteiger partial charge is 0.504 e. The van der Waals surface area contributed by atoms with Crippen molar-refractivity contribution in [2.75, 3.05) is 44.2 Å². The summed E-state index contributed by atoms with van der Waals surface area (Å²) in [5, 5.41) is 53.4. The van der Waals surface area contributed by atoms with E-state index in [1.807, 2.05) is 0 Å². The number of nitrogen functional groups attached to an aromatic ring is 1. The molecule has 0 bridgehead atoms. The van der Waals surface area contributed by atoms with E-state index < -0.39 is 80.0 Å². The number of phenolic OH excluding ortho intramolecular Hbond substituents is 2. The Morgan fingerprint density at radius 3 is 2.49 bits per heavy atom. The van der Waals surface area contributed by atoms with Crippen molar-refractivity contribution in [3.05, 3.63) is 49.4 Å². The van der Waals surface area contributed by atoms with Gasteiger partial charge in [-0.1, -0.05) is 16.8 Å². The van der Waals surface area contributed by atoms with Crippen LogP contribution in [0.15, 0.2) is 32.7 Å². The minimum atomic E-state index is -1.81. The molecule has 2 atom stereocenters. The van der Waals surface area contributed by atoms with Crippen molar-refractivity contribution in [2.24, 2.45) is 5.16 Å². The summed E-state index contributed by atoms with van der Waals surface area (Å²) in [6, 6.07) is -0.00912. The monoisotopic (exact) mass is 848 g/mol. The van der Waals surface area contributed by atoms with Crippen molar-refractivity contribution < 1.29 is 53.7 Å². The standard InChI is InChI=1S/C34H38ClN9O11S2/c1-4-42-17-11-18(45)25(46)20(35)19(17)26(47)22(40-42)27(48)37-7-10-44(8-5-6-9-44)12-15-13-56-30-23(29(50)43(30)24(15)31(51)52)39-28(49)21(16-14-57-33(36)38-16)41-55-34(2,3)32(53)54/h11,14,23,30H,4-10,12-13H2,1-3H3,(H7-,36,37,38,39,40,41,45,46,47,48,49,51,52,53,54)/p+1/t23-,30-/m1/s1. The topological polar surface area (TPSA) is 289 Å². The molecular formula is C34H39ClN9O11S2+. The number of thioether (sulfide) groups is 1. The van der Waals surface area contributed by atoms with Gasteiger partial charge < -0.3 is 46.1 Å². The van der Waals surface area contributed by atoms with Crippen molar-refractivity contribution in [3.63, 3.8) is 0 Å². The Hall–Kier alpha value is -5.45. The van der Waals surface area contributed by atoms with Gasteiger partial charge >= 0.3 is 11.9 Å². The number of phenols is 2. The minimum absolute atomic E-state index is 0.0160. The van der Waals surface area contributed by atoms with Crippen LogP contribution in [-0.2, 0) is 30.6 Å². The highest BCUT2D eigenvalue weighted by Crippen LogP contribution is 2.42. The zero-order chi connectivity index (χ0) is 41.6. The predicted octanol–water partition coefficient (Wildman–Crippen LogP) is 0.883. The molecule has 0 spiro atoms. The summed E-state index contributed by atoms with van der Waals surface area (Å²) in [6.07, 6.45) is 1.67. The average Bonchev–Trinajstić information content (AvgIpc) is 3.81. The average molecular weight is 849 g/mol. The van der Waals surface area contributed by atoms with Crippen LogP contribution in [0.4, 0.5) is 5.13 Å². The highest BCUT2D eigenvalue weighted by molar-refractivity contribution is 8.00. The lowest BCUT2D eigenvalue weighted by molar-refractivity contribution is -0.911. The summed E-state index contributed by atoms with van der Waals surface area (Å²) >= 11 is 8.46. The number of thiazole rings is 1. The first-order valence-electron chi connectivity index (χ1n) is 17.6. The number of hydrogen-bond donors (Lipinski definition) is 7. The normalized spacial score (nSPS) is 19.3. The lowest BCUT2D eigenvalue weighted by atomic mass is 10.0. The van der Waals surface area contributed by atoms with E-state index in [1.54, 1.807) is 6.92 Å². The van der Waals surface area contributed by atoms with Crippen molar-refractivity contribution >= 4 is 86.1 Å². The summed E-state index contributed by atoms with van der Waals surface area (Å²) < 4.78 is 1.71. The van der Waals surface area contributed by atoms with Crippen molar-refractivity contribution in [1.29, 1.82) is 0 Å². The number of benzene rings is 1. The van der Waals surface area contributed by atoms with Gasteiger partial charge in [0.2, 0.25) is 11.0 Å². The highest BCUT2D eigenvalue weighted by atomic mass is 35.5. The van der Waals surface area contributed by atoms with E-state index in [9.17, 15) is 49.2 Å². The zero-order valence-electron chi connectivity index (χ0n) is 30.8. The number of aromatic nitrogens is 3. The summed E-state index contributed by atoms with van der Waals surface area (Å²) in [4.78, 5) is 88.4. The second-order valence-corrected chi connectivity index (χ2v) is 16.5. The number of fused-ring (bicyclic) bond motifs is 2. The summed E-state index contributed by atoms with van der Waals surface area (Å²) in [7, 11) is 0. The van der Waals surface area contributed by atoms with Crippen LogP contribution >= 0.6 is 34.7 Å². The summed E-state index contributed by atoms with van der Waals surface area (Å²) in [5.74, 6) is -6.08. The number of quaternary nitrogens is 1. The number of amides is 3. The van der Waals surface area contributed by atoms with Gasteiger partial charge in [0.1, 0.15) is 29.4 Å². The number of carboxylic acids is 2. The molecule has 2 saturated heterocycles. The van der Waals surface area contributed by atoms with E-state index >= 15 is 0 Å². The second kappa shape index (κ2) is 15.8. The number of carboxylic acid groups (broad SMARTS) is 2. The molecule has 20 nitrogen and oxygen atoms in total. The number of rotatable bonds is 14. The van der Waals surface area contributed by atoms with E-state index in [2.05, 4.69) is 25.9 Å². The summed E-state index contributed by atoms with van der Waals surface area (Å²) in [6.45, 7) is 6.39. The number of oxime groups is 1. The number of carbonyl (C=O) groups is 5. The molecule has 2 fully saturated rings. The minimum Gasteiger partial charge on any atom is -0.504 e. The molecule has 0 aliphatic carbocycles. The summed E-state index contributed by atoms with van der Waals surface area (Å²) in [5.41, 5.74) is 2.63. The van der Waals surface area contributed by atoms with Crippen LogP contribution in [-0.4, -0.2) is 135 Å². The number of carbonyl (C=O) groups excluding carboxylic acids is 3. The Balaban J connectivity index is 1.17. The van der Waals surface area contributed by atoms with Gasteiger partial charge in [-0.15, -0.1) is 23.1 Å². The Morgan fingerprint density at radius 1 is 1.18 bits per heavy atom. The Kier molecular flexibility index (Phi) is 11.4. The number of likely N-dealkylation sites (tertiary alicyclic amines) is 1. The number of halogens is 1. The van der Waals surface area contributed by atoms with E-state index in [-0.39, 0.29) is 52.8 Å². The molecule has 57 heavy (non-hydrogen) atoms. The second-order valence-electron chi connectivity index (χ2n) is 14.1. The van der Waals surface area contributed by atoms with Crippen LogP contribution in [0.5, 0.6) is 11.5 Å². The van der Waals surface area contributed by atoms with Crippen molar-refractivity contribution in [3.8, 4) is 11.5 Å². The number of anilines is 1. The van der Waals surface area contributed by atoms with Crippen LogP contribution in [0.3, 0.4) is 0 Å². The Labute approximate surface area is 336 Å². The third-order valence-corrected chi connectivity index (χ3v) is 12.3. The van der Waals surface area contributed by atoms with Gasteiger partial charge in [0.05, 0.1) is 42.1 Å². The first-order chi connectivity index (χ1) is 26.9. The fourth-order valence-electron chi connectivity index (χ4n) is 6.94. The fraction of sp³-hybridized carbons (Fsp3) is 0.441. The third-order valence-electron chi connectivity index (χ3n) is 9.96. The molecule has 3 aromatic rings. The van der Waals surface area contributed by atoms with Gasteiger partial charge in [-0.05, 0) is 20.8 Å². The van der Waals surface area contributed by atoms with Crippen LogP contribution in [0.1, 0.15) is 49.8 Å². The van der Waals surface area contributed by atoms with Gasteiger partial charge in [-0.2, -0.15) is 5.10 Å². The molecule has 3 aliphatic heterocycles. The van der Waals surface area contributed by atoms with Crippen LogP contribution in [0.25, 0.3) is 10.9 Å². The molecule has 304 valence electrons. The smallest absolute Gasteiger partial charge is 0.352 e. The maximum atomic E-state index is 13.6. The maximum Gasteiger partial charge on any atom is 0.352 e. The number of nitrogens with two attached hydrogens (primary N) is 1. The first-order valence-corrected chi connectivity index (χ1v) is 19.9. The number of aryl methyl sites for hydroxylation is 1. The van der Waals surface area contributed by atoms with Crippen molar-refractivity contribution in [2.45, 2.75) is 57.2 Å². The number of nitrogens with one attached hydrogen (secondary N) is 2. The molecule has 0 radical (unpaired) electrons. The Morgan fingerprint density at radius 2 is 1.88 bits per heavy atom. The van der Waals surface area contributed by atoms with Gasteiger partial charge in [0, 0.05) is 42.2 Å². The number of hydrogen-bond acceptors (Lipinski definition) is 15. The highest BCUT2D eigenvalue weighted by Gasteiger charge is 2.55. The van der Waals surface area contributed by atoms with Gasteiger partial charge in [-0.3, -0.25) is 28.8 Å². The number of nitrogens with zero attached hydrogens (tertiary/aromatic N) is 6. The number of β-lactam (4-membered cyclic amide) rings is 1. The molecule has 0 unspecified atom stereocenters. The maximum absolute atomic E-state index is 13.6. The van der Waals surface area contributed by atoms with Crippen molar-refractivity contribution in [1.82, 2.24) is 30.3 Å². The third kappa shape index (κ3) is 7.81. The fourth-order valence-corrected chi connectivity index (χ4v) is 9.10. The quantitative estimate of drug-likeness (QED) is 0.0390. The van der Waals surface area contributed by atoms with E-state index in [4.69, 9.17) is 22.2 Å². The zero-order valence-corrected chi connectivity index (χ0v) is 33.2. The van der Waals surface area contributed by atoms with Crippen LogP contribution < -0.4 is 21.8 Å². The number of aliphatic carboxylic acids is 2. The van der Waals surface area contributed by atoms with E-state index in [0.717, 1.165) is 35.1 Å². The lowest BCUT2D eigenvalue weighted by Crippen LogP contribution is -2.71. The van der Waals surface area contributed by atoms with Crippen LogP contribution in [0, 0.1) is 0 Å². The molecule has 6 rings (SSSR count). The molecule has 2 aromatic heterocycles. The Bertz CT molecular complexity index is 2320.